The van der Waals surface area contributed by atoms with Crippen LogP contribution in [0.15, 0.2) is 0 Å². The molecule has 1 saturated heterocycles. The molecule has 0 bridgehead atoms. The third kappa shape index (κ3) is 4.22. The van der Waals surface area contributed by atoms with E-state index in [0.29, 0.717) is 5.41 Å². The Hall–Kier alpha value is -0.0800. The molecule has 3 fully saturated rings. The molecule has 0 radical (unpaired) electrons. The van der Waals surface area contributed by atoms with Gasteiger partial charge in [-0.1, -0.05) is 39.5 Å². The van der Waals surface area contributed by atoms with E-state index in [4.69, 9.17) is 0 Å². The fourth-order valence-electron chi connectivity index (χ4n) is 5.13. The van der Waals surface area contributed by atoms with E-state index in [0.717, 1.165) is 18.0 Å². The summed E-state index contributed by atoms with van der Waals surface area (Å²) in [6.07, 6.45) is 14.5. The van der Waals surface area contributed by atoms with Gasteiger partial charge in [0.25, 0.3) is 0 Å². The monoisotopic (exact) mass is 292 g/mol. The molecule has 0 amide bonds. The van der Waals surface area contributed by atoms with Crippen LogP contribution in [0, 0.1) is 11.3 Å². The molecule has 0 aromatic heterocycles. The number of rotatable bonds is 2. The van der Waals surface area contributed by atoms with Gasteiger partial charge in [-0.05, 0) is 62.9 Å². The van der Waals surface area contributed by atoms with Gasteiger partial charge in [0.05, 0.1) is 0 Å². The minimum Gasteiger partial charge on any atom is -0.312 e. The van der Waals surface area contributed by atoms with Crippen molar-refractivity contribution in [2.45, 2.75) is 90.1 Å². The molecule has 1 N–H and O–H groups in total. The van der Waals surface area contributed by atoms with Gasteiger partial charge in [0.2, 0.25) is 0 Å². The molecule has 3 rings (SSSR count). The van der Waals surface area contributed by atoms with E-state index < -0.39 is 0 Å². The minimum atomic E-state index is 0.572. The van der Waals surface area contributed by atoms with Gasteiger partial charge < -0.3 is 5.32 Å². The van der Waals surface area contributed by atoms with Crippen LogP contribution in [0.4, 0.5) is 0 Å². The summed E-state index contributed by atoms with van der Waals surface area (Å²) in [7, 11) is 0. The van der Waals surface area contributed by atoms with Crippen LogP contribution in [0.1, 0.15) is 78.1 Å². The molecule has 122 valence electrons. The second-order valence-electron chi connectivity index (χ2n) is 8.72. The highest BCUT2D eigenvalue weighted by molar-refractivity contribution is 4.90. The number of hydrogen-bond acceptors (Lipinski definition) is 2. The molecule has 0 aromatic rings. The van der Waals surface area contributed by atoms with E-state index in [9.17, 15) is 0 Å². The van der Waals surface area contributed by atoms with Crippen LogP contribution in [0.2, 0.25) is 0 Å². The Bertz CT molecular complexity index is 320. The lowest BCUT2D eigenvalue weighted by Gasteiger charge is -2.42. The summed E-state index contributed by atoms with van der Waals surface area (Å²) in [5.41, 5.74) is 0.572. The summed E-state index contributed by atoms with van der Waals surface area (Å²) in [4.78, 5) is 2.88. The van der Waals surface area contributed by atoms with Crippen molar-refractivity contribution in [1.82, 2.24) is 10.2 Å². The maximum absolute atomic E-state index is 3.90. The van der Waals surface area contributed by atoms with Gasteiger partial charge in [-0.25, -0.2) is 0 Å². The second kappa shape index (κ2) is 7.00. The van der Waals surface area contributed by atoms with Crippen molar-refractivity contribution in [2.24, 2.45) is 11.3 Å². The Labute approximate surface area is 132 Å². The fraction of sp³-hybridized carbons (Fsp3) is 1.00. The molecule has 3 aliphatic rings. The van der Waals surface area contributed by atoms with Crippen LogP contribution < -0.4 is 5.32 Å². The van der Waals surface area contributed by atoms with Crippen LogP contribution in [0.25, 0.3) is 0 Å². The van der Waals surface area contributed by atoms with Crippen molar-refractivity contribution in [3.63, 3.8) is 0 Å². The molecule has 2 heteroatoms. The third-order valence-corrected chi connectivity index (χ3v) is 6.37. The first kappa shape index (κ1) is 15.8. The average molecular weight is 293 g/mol. The van der Waals surface area contributed by atoms with Crippen molar-refractivity contribution < 1.29 is 0 Å². The summed E-state index contributed by atoms with van der Waals surface area (Å²) in [6.45, 7) is 8.86. The van der Waals surface area contributed by atoms with Gasteiger partial charge in [0, 0.05) is 18.6 Å². The molecule has 0 aromatic carbocycles. The smallest absolute Gasteiger partial charge is 0.0223 e. The van der Waals surface area contributed by atoms with Crippen molar-refractivity contribution in [2.75, 3.05) is 19.6 Å². The van der Waals surface area contributed by atoms with Crippen LogP contribution in [-0.2, 0) is 0 Å². The van der Waals surface area contributed by atoms with Crippen LogP contribution >= 0.6 is 0 Å². The molecule has 1 heterocycles. The summed E-state index contributed by atoms with van der Waals surface area (Å²) < 4.78 is 0. The molecule has 2 nitrogen and oxygen atoms in total. The molecule has 2 aliphatic carbocycles. The first-order valence-electron chi connectivity index (χ1n) is 9.61. The van der Waals surface area contributed by atoms with Gasteiger partial charge >= 0.3 is 0 Å². The highest BCUT2D eigenvalue weighted by Crippen LogP contribution is 2.38. The van der Waals surface area contributed by atoms with Crippen molar-refractivity contribution >= 4 is 0 Å². The maximum atomic E-state index is 3.90. The third-order valence-electron chi connectivity index (χ3n) is 6.37. The lowest BCUT2D eigenvalue weighted by Crippen LogP contribution is -2.48. The highest BCUT2D eigenvalue weighted by atomic mass is 15.2. The molecule has 2 atom stereocenters. The number of nitrogens with zero attached hydrogens (tertiary/aromatic N) is 1. The Morgan fingerprint density at radius 2 is 1.76 bits per heavy atom. The van der Waals surface area contributed by atoms with E-state index >= 15 is 0 Å². The maximum Gasteiger partial charge on any atom is 0.0223 e. The fourth-order valence-corrected chi connectivity index (χ4v) is 5.13. The van der Waals surface area contributed by atoms with Gasteiger partial charge in [-0.15, -0.1) is 0 Å². The quantitative estimate of drug-likeness (QED) is 0.820. The SMILES string of the molecule is CC1(C)CCCC(N2CCCNC(C3CCCCC3)C2)C1. The second-order valence-corrected chi connectivity index (χ2v) is 8.72. The van der Waals surface area contributed by atoms with E-state index in [1.54, 1.807) is 0 Å². The first-order valence-corrected chi connectivity index (χ1v) is 9.61. The lowest BCUT2D eigenvalue weighted by atomic mass is 9.74. The van der Waals surface area contributed by atoms with Gasteiger partial charge in [0.15, 0.2) is 0 Å². The Morgan fingerprint density at radius 1 is 0.952 bits per heavy atom. The Kier molecular flexibility index (Phi) is 5.27. The molecule has 21 heavy (non-hydrogen) atoms. The molecule has 2 unspecified atom stereocenters. The van der Waals surface area contributed by atoms with E-state index in [1.807, 2.05) is 0 Å². The largest absolute Gasteiger partial charge is 0.312 e. The van der Waals surface area contributed by atoms with E-state index in [1.165, 1.54) is 83.8 Å². The van der Waals surface area contributed by atoms with Gasteiger partial charge in [-0.3, -0.25) is 4.90 Å². The molecular weight excluding hydrogens is 256 g/mol. The standard InChI is InChI=1S/C19H36N2/c1-19(2)11-6-10-17(14-19)21-13-7-12-20-18(15-21)16-8-4-3-5-9-16/h16-18,20H,3-15H2,1-2H3. The Morgan fingerprint density at radius 3 is 2.52 bits per heavy atom. The number of hydrogen-bond donors (Lipinski definition) is 1. The van der Waals surface area contributed by atoms with E-state index in [2.05, 4.69) is 24.1 Å². The topological polar surface area (TPSA) is 15.3 Å². The van der Waals surface area contributed by atoms with Gasteiger partial charge in [0.1, 0.15) is 0 Å². The predicted octanol–water partition coefficient (Wildman–Crippen LogP) is 4.20. The molecular formula is C19H36N2. The highest BCUT2D eigenvalue weighted by Gasteiger charge is 2.34. The summed E-state index contributed by atoms with van der Waals surface area (Å²) in [5, 5.41) is 3.90. The summed E-state index contributed by atoms with van der Waals surface area (Å²) in [5.74, 6) is 0.955. The molecule has 2 saturated carbocycles. The zero-order valence-corrected chi connectivity index (χ0v) is 14.4. The van der Waals surface area contributed by atoms with Crippen molar-refractivity contribution in [1.29, 1.82) is 0 Å². The summed E-state index contributed by atoms with van der Waals surface area (Å²) >= 11 is 0. The van der Waals surface area contributed by atoms with Crippen LogP contribution in [-0.4, -0.2) is 36.6 Å². The van der Waals surface area contributed by atoms with Crippen LogP contribution in [0.5, 0.6) is 0 Å². The normalized spacial score (nSPS) is 36.3. The minimum absolute atomic E-state index is 0.572. The lowest BCUT2D eigenvalue weighted by molar-refractivity contribution is 0.0842. The van der Waals surface area contributed by atoms with Crippen molar-refractivity contribution in [3.05, 3.63) is 0 Å². The van der Waals surface area contributed by atoms with Crippen molar-refractivity contribution in [3.8, 4) is 0 Å². The zero-order valence-electron chi connectivity index (χ0n) is 14.4. The predicted molar refractivity (Wildman–Crippen MR) is 90.6 cm³/mol. The van der Waals surface area contributed by atoms with E-state index in [-0.39, 0.29) is 0 Å². The van der Waals surface area contributed by atoms with Gasteiger partial charge in [-0.2, -0.15) is 0 Å². The average Bonchev–Trinajstić information content (AvgIpc) is 2.73. The molecule has 0 spiro atoms. The molecule has 1 aliphatic heterocycles. The first-order chi connectivity index (χ1) is 10.1. The number of nitrogens with one attached hydrogen (secondary N) is 1. The zero-order chi connectivity index (χ0) is 14.7. The summed E-state index contributed by atoms with van der Waals surface area (Å²) in [6, 6.07) is 1.64. The van der Waals surface area contributed by atoms with Crippen LogP contribution in [0.3, 0.4) is 0 Å². The Balaban J connectivity index is 1.61.